The fourth-order valence-corrected chi connectivity index (χ4v) is 4.32. The summed E-state index contributed by atoms with van der Waals surface area (Å²) in [4.78, 5) is 22.7. The van der Waals surface area contributed by atoms with E-state index in [4.69, 9.17) is 40.4 Å². The number of benzene rings is 2. The average Bonchev–Trinajstić information content (AvgIpc) is 2.91. The molecule has 12 nitrogen and oxygen atoms in total. The van der Waals surface area contributed by atoms with Crippen molar-refractivity contribution in [3.63, 3.8) is 0 Å². The number of nitrogens with two attached hydrogens (primary N) is 2. The predicted octanol–water partition coefficient (Wildman–Crippen LogP) is 2.94. The number of hydrogen-bond acceptors (Lipinski definition) is 12. The monoisotopic (exact) mass is 564 g/mol. The van der Waals surface area contributed by atoms with Crippen LogP contribution in [0.3, 0.4) is 0 Å². The number of fused-ring (bicyclic) bond motifs is 2. The van der Waals surface area contributed by atoms with Crippen LogP contribution in [0.5, 0.6) is 23.0 Å². The number of ether oxygens (including phenoxy) is 4. The Morgan fingerprint density at radius 1 is 0.553 bits per heavy atom. The van der Waals surface area contributed by atoms with Crippen LogP contribution >= 0.6 is 24.8 Å². The Morgan fingerprint density at radius 3 is 1.18 bits per heavy atom. The normalized spacial score (nSPS) is 13.1. The second kappa shape index (κ2) is 11.7. The summed E-state index contributed by atoms with van der Waals surface area (Å²) in [5.41, 5.74) is 13.9. The van der Waals surface area contributed by atoms with Gasteiger partial charge in [0.25, 0.3) is 0 Å². The third-order valence-electron chi connectivity index (χ3n) is 6.28. The molecule has 1 fully saturated rings. The lowest BCUT2D eigenvalue weighted by Gasteiger charge is -2.35. The largest absolute Gasteiger partial charge is 0.493 e. The molecule has 2 aromatic carbocycles. The smallest absolute Gasteiger partial charge is 0.228 e. The standard InChI is InChI=1S/C24H28N8O4.2ClH/c1-33-17-9-13-15(11-19(17)35-3)27-23(29-21(13)25)31-5-7-32(8-6-31)24-28-16-12-20(36-4)18(34-2)10-14(16)22(26)30-24;;/h9-12H,5-8H2,1-4H3,(H2,25,27,29)(H2,26,28,30);2*1H. The van der Waals surface area contributed by atoms with Gasteiger partial charge < -0.3 is 40.2 Å². The van der Waals surface area contributed by atoms with Crippen molar-refractivity contribution in [1.29, 1.82) is 0 Å². The van der Waals surface area contributed by atoms with Crippen molar-refractivity contribution in [3.8, 4) is 23.0 Å². The van der Waals surface area contributed by atoms with Crippen LogP contribution in [0.15, 0.2) is 24.3 Å². The number of anilines is 4. The average molecular weight is 565 g/mol. The van der Waals surface area contributed by atoms with Gasteiger partial charge in [-0.3, -0.25) is 0 Å². The Hall–Kier alpha value is -3.90. The van der Waals surface area contributed by atoms with E-state index in [9.17, 15) is 0 Å². The first-order valence-electron chi connectivity index (χ1n) is 11.3. The summed E-state index contributed by atoms with van der Waals surface area (Å²) in [5, 5.41) is 1.42. The summed E-state index contributed by atoms with van der Waals surface area (Å²) in [6.07, 6.45) is 0. The number of halogens is 2. The van der Waals surface area contributed by atoms with Crippen molar-refractivity contribution in [2.75, 3.05) is 75.9 Å². The molecule has 0 unspecified atom stereocenters. The van der Waals surface area contributed by atoms with Crippen LogP contribution in [0.1, 0.15) is 0 Å². The van der Waals surface area contributed by atoms with E-state index in [2.05, 4.69) is 19.8 Å². The molecular formula is C24H30Cl2N8O4. The van der Waals surface area contributed by atoms with E-state index in [0.29, 0.717) is 94.5 Å². The van der Waals surface area contributed by atoms with Gasteiger partial charge in [0.1, 0.15) is 11.6 Å². The molecule has 2 aromatic heterocycles. The molecule has 0 spiro atoms. The minimum Gasteiger partial charge on any atom is -0.493 e. The molecule has 0 bridgehead atoms. The van der Waals surface area contributed by atoms with E-state index in [-0.39, 0.29) is 24.8 Å². The number of nitrogen functional groups attached to an aromatic ring is 2. The highest BCUT2D eigenvalue weighted by molar-refractivity contribution is 5.92. The summed E-state index contributed by atoms with van der Waals surface area (Å²) in [5.74, 6) is 4.20. The van der Waals surface area contributed by atoms with Crippen LogP contribution < -0.4 is 40.2 Å². The summed E-state index contributed by atoms with van der Waals surface area (Å²) in [6, 6.07) is 7.19. The minimum absolute atomic E-state index is 0. The van der Waals surface area contributed by atoms with E-state index in [1.807, 2.05) is 0 Å². The van der Waals surface area contributed by atoms with E-state index in [0.717, 1.165) is 0 Å². The predicted molar refractivity (Wildman–Crippen MR) is 153 cm³/mol. The minimum atomic E-state index is 0. The molecule has 0 aliphatic carbocycles. The third-order valence-corrected chi connectivity index (χ3v) is 6.28. The zero-order chi connectivity index (χ0) is 25.4. The Kier molecular flexibility index (Phi) is 8.79. The van der Waals surface area contributed by atoms with E-state index in [1.54, 1.807) is 52.7 Å². The van der Waals surface area contributed by atoms with Gasteiger partial charge in [0.05, 0.1) is 39.5 Å². The molecule has 3 heterocycles. The number of aromatic nitrogens is 4. The van der Waals surface area contributed by atoms with Crippen LogP contribution in [0, 0.1) is 0 Å². The molecular weight excluding hydrogens is 535 g/mol. The summed E-state index contributed by atoms with van der Waals surface area (Å²) in [7, 11) is 6.33. The van der Waals surface area contributed by atoms with Crippen molar-refractivity contribution >= 4 is 70.2 Å². The Labute approximate surface area is 232 Å². The van der Waals surface area contributed by atoms with Gasteiger partial charge in [-0.05, 0) is 12.1 Å². The van der Waals surface area contributed by atoms with Crippen LogP contribution in [-0.4, -0.2) is 74.6 Å². The highest BCUT2D eigenvalue weighted by atomic mass is 35.5. The topological polar surface area (TPSA) is 147 Å². The number of rotatable bonds is 6. The van der Waals surface area contributed by atoms with Crippen LogP contribution in [-0.2, 0) is 0 Å². The molecule has 4 aromatic rings. The number of piperazine rings is 1. The molecule has 0 amide bonds. The van der Waals surface area contributed by atoms with Crippen LogP contribution in [0.25, 0.3) is 21.8 Å². The van der Waals surface area contributed by atoms with Crippen molar-refractivity contribution in [3.05, 3.63) is 24.3 Å². The van der Waals surface area contributed by atoms with Gasteiger partial charge in [-0.1, -0.05) is 0 Å². The maximum atomic E-state index is 6.27. The van der Waals surface area contributed by atoms with Gasteiger partial charge >= 0.3 is 0 Å². The van der Waals surface area contributed by atoms with Crippen LogP contribution in [0.2, 0.25) is 0 Å². The quantitative estimate of drug-likeness (QED) is 0.354. The molecule has 4 N–H and O–H groups in total. The first-order valence-corrected chi connectivity index (χ1v) is 11.3. The second-order valence-corrected chi connectivity index (χ2v) is 8.24. The molecule has 204 valence electrons. The number of hydrogen-bond donors (Lipinski definition) is 2. The first kappa shape index (κ1) is 28.7. The van der Waals surface area contributed by atoms with Crippen molar-refractivity contribution < 1.29 is 18.9 Å². The Bertz CT molecular complexity index is 1340. The van der Waals surface area contributed by atoms with Gasteiger partial charge in [-0.15, -0.1) is 24.8 Å². The van der Waals surface area contributed by atoms with Crippen molar-refractivity contribution in [2.24, 2.45) is 0 Å². The van der Waals surface area contributed by atoms with Crippen LogP contribution in [0.4, 0.5) is 23.5 Å². The zero-order valence-electron chi connectivity index (χ0n) is 21.4. The number of nitrogens with zero attached hydrogens (tertiary/aromatic N) is 6. The summed E-state index contributed by atoms with van der Waals surface area (Å²) >= 11 is 0. The summed E-state index contributed by atoms with van der Waals surface area (Å²) < 4.78 is 21.6. The Morgan fingerprint density at radius 2 is 0.868 bits per heavy atom. The molecule has 0 radical (unpaired) electrons. The van der Waals surface area contributed by atoms with Crippen molar-refractivity contribution in [1.82, 2.24) is 19.9 Å². The van der Waals surface area contributed by atoms with Gasteiger partial charge in [0.2, 0.25) is 11.9 Å². The van der Waals surface area contributed by atoms with Gasteiger partial charge in [-0.25, -0.2) is 9.97 Å². The molecule has 0 atom stereocenters. The highest BCUT2D eigenvalue weighted by Crippen LogP contribution is 2.35. The Balaban J connectivity index is 0.00000200. The molecule has 1 aliphatic heterocycles. The van der Waals surface area contributed by atoms with E-state index < -0.39 is 0 Å². The highest BCUT2D eigenvalue weighted by Gasteiger charge is 2.23. The molecule has 1 aliphatic rings. The van der Waals surface area contributed by atoms with Gasteiger partial charge in [-0.2, -0.15) is 9.97 Å². The van der Waals surface area contributed by atoms with Gasteiger partial charge in [0.15, 0.2) is 23.0 Å². The maximum Gasteiger partial charge on any atom is 0.228 e. The van der Waals surface area contributed by atoms with Crippen molar-refractivity contribution in [2.45, 2.75) is 0 Å². The third kappa shape index (κ3) is 5.09. The molecule has 38 heavy (non-hydrogen) atoms. The molecule has 14 heteroatoms. The number of methoxy groups -OCH3 is 4. The second-order valence-electron chi connectivity index (χ2n) is 8.24. The molecule has 1 saturated heterocycles. The fraction of sp³-hybridized carbons (Fsp3) is 0.333. The lowest BCUT2D eigenvalue weighted by Crippen LogP contribution is -2.47. The lowest BCUT2D eigenvalue weighted by molar-refractivity contribution is 0.356. The van der Waals surface area contributed by atoms with E-state index in [1.165, 1.54) is 0 Å². The fourth-order valence-electron chi connectivity index (χ4n) is 4.32. The first-order chi connectivity index (χ1) is 17.4. The lowest BCUT2D eigenvalue weighted by atomic mass is 10.2. The zero-order valence-corrected chi connectivity index (χ0v) is 23.1. The molecule has 5 rings (SSSR count). The van der Waals surface area contributed by atoms with E-state index >= 15 is 0 Å². The van der Waals surface area contributed by atoms with Gasteiger partial charge in [0, 0.05) is 49.1 Å². The SMILES string of the molecule is COc1cc2nc(N3CCN(c4nc(N)c5cc(OC)c(OC)cc5n4)CC3)nc(N)c2cc1OC.Cl.Cl. The maximum absolute atomic E-state index is 6.27. The molecule has 0 saturated carbocycles. The summed E-state index contributed by atoms with van der Waals surface area (Å²) in [6.45, 7) is 2.63.